The van der Waals surface area contributed by atoms with Crippen molar-refractivity contribution in [1.82, 2.24) is 4.31 Å². The van der Waals surface area contributed by atoms with E-state index < -0.39 is 10.0 Å². The highest BCUT2D eigenvalue weighted by Crippen LogP contribution is 2.17. The molecule has 2 rings (SSSR count). The van der Waals surface area contributed by atoms with Gasteiger partial charge in [-0.15, -0.1) is 0 Å². The molecule has 2 aromatic rings. The number of nitrogens with zero attached hydrogens (tertiary/aromatic N) is 1. The zero-order chi connectivity index (χ0) is 19.2. The quantitative estimate of drug-likeness (QED) is 0.689. The van der Waals surface area contributed by atoms with E-state index in [1.54, 1.807) is 19.2 Å². The lowest BCUT2D eigenvalue weighted by Crippen LogP contribution is -2.22. The van der Waals surface area contributed by atoms with Gasteiger partial charge < -0.3 is 15.4 Å². The lowest BCUT2D eigenvalue weighted by Gasteiger charge is -2.12. The van der Waals surface area contributed by atoms with Crippen LogP contribution in [0.2, 0.25) is 0 Å². The number of amides is 1. The normalized spacial score (nSPS) is 11.4. The number of anilines is 2. The van der Waals surface area contributed by atoms with E-state index in [0.29, 0.717) is 24.4 Å². The Morgan fingerprint density at radius 3 is 2.12 bits per heavy atom. The van der Waals surface area contributed by atoms with Gasteiger partial charge in [0, 0.05) is 44.7 Å². The molecule has 140 valence electrons. The van der Waals surface area contributed by atoms with E-state index in [-0.39, 0.29) is 10.8 Å². The number of nitrogens with one attached hydrogen (secondary N) is 2. The Morgan fingerprint density at radius 1 is 1.00 bits per heavy atom. The Labute approximate surface area is 154 Å². The predicted molar refractivity (Wildman–Crippen MR) is 102 cm³/mol. The first kappa shape index (κ1) is 19.9. The van der Waals surface area contributed by atoms with Gasteiger partial charge in [0.1, 0.15) is 0 Å². The second kappa shape index (κ2) is 8.79. The molecule has 0 radical (unpaired) electrons. The van der Waals surface area contributed by atoms with Gasteiger partial charge in [-0.1, -0.05) is 0 Å². The summed E-state index contributed by atoms with van der Waals surface area (Å²) in [6.07, 6.45) is 0. The molecule has 2 N–H and O–H groups in total. The summed E-state index contributed by atoms with van der Waals surface area (Å²) >= 11 is 0. The van der Waals surface area contributed by atoms with Crippen LogP contribution in [-0.4, -0.2) is 53.0 Å². The first-order valence-corrected chi connectivity index (χ1v) is 9.45. The summed E-state index contributed by atoms with van der Waals surface area (Å²) in [5.74, 6) is -0.307. The Morgan fingerprint density at radius 2 is 1.58 bits per heavy atom. The molecular formula is C18H23N3O4S. The second-order valence-corrected chi connectivity index (χ2v) is 7.91. The van der Waals surface area contributed by atoms with Gasteiger partial charge in [-0.3, -0.25) is 4.79 Å². The third-order valence-electron chi connectivity index (χ3n) is 3.67. The zero-order valence-electron chi connectivity index (χ0n) is 15.0. The van der Waals surface area contributed by atoms with Crippen molar-refractivity contribution in [1.29, 1.82) is 0 Å². The maximum absolute atomic E-state index is 12.3. The molecule has 0 saturated carbocycles. The Hall–Kier alpha value is -2.42. The van der Waals surface area contributed by atoms with Crippen LogP contribution in [0.5, 0.6) is 0 Å². The number of rotatable bonds is 8. The predicted octanol–water partition coefficient (Wildman–Crippen LogP) is 2.25. The van der Waals surface area contributed by atoms with Gasteiger partial charge >= 0.3 is 0 Å². The van der Waals surface area contributed by atoms with Gasteiger partial charge in [0.05, 0.1) is 11.5 Å². The van der Waals surface area contributed by atoms with Gasteiger partial charge in [-0.25, -0.2) is 12.7 Å². The van der Waals surface area contributed by atoms with Crippen LogP contribution in [0.25, 0.3) is 0 Å². The van der Waals surface area contributed by atoms with Gasteiger partial charge in [0.15, 0.2) is 0 Å². The molecule has 0 heterocycles. The minimum Gasteiger partial charge on any atom is -0.383 e. The van der Waals surface area contributed by atoms with E-state index in [2.05, 4.69) is 10.6 Å². The topological polar surface area (TPSA) is 87.7 Å². The van der Waals surface area contributed by atoms with Crippen LogP contribution < -0.4 is 10.6 Å². The van der Waals surface area contributed by atoms with Crippen LogP contribution in [0.3, 0.4) is 0 Å². The molecule has 0 fully saturated rings. The van der Waals surface area contributed by atoms with Crippen LogP contribution in [0, 0.1) is 0 Å². The van der Waals surface area contributed by atoms with Crippen molar-refractivity contribution in [2.75, 3.05) is 45.0 Å². The van der Waals surface area contributed by atoms with Crippen molar-refractivity contribution < 1.29 is 17.9 Å². The van der Waals surface area contributed by atoms with E-state index in [9.17, 15) is 13.2 Å². The molecule has 0 aliphatic rings. The molecule has 0 unspecified atom stereocenters. The van der Waals surface area contributed by atoms with E-state index >= 15 is 0 Å². The average molecular weight is 377 g/mol. The lowest BCUT2D eigenvalue weighted by atomic mass is 10.2. The molecule has 0 bridgehead atoms. The van der Waals surface area contributed by atoms with Crippen LogP contribution >= 0.6 is 0 Å². The highest BCUT2D eigenvalue weighted by Gasteiger charge is 2.17. The number of hydrogen-bond acceptors (Lipinski definition) is 5. The van der Waals surface area contributed by atoms with E-state index in [4.69, 9.17) is 4.74 Å². The minimum absolute atomic E-state index is 0.144. The van der Waals surface area contributed by atoms with Crippen LogP contribution in [-0.2, 0) is 14.8 Å². The number of sulfonamides is 1. The SMILES string of the molecule is COCCNc1ccc(NC(=O)c2ccc(S(=O)(=O)N(C)C)cc2)cc1. The maximum Gasteiger partial charge on any atom is 0.255 e. The van der Waals surface area contributed by atoms with Gasteiger partial charge in [0.25, 0.3) is 5.91 Å². The zero-order valence-corrected chi connectivity index (χ0v) is 15.8. The molecule has 0 aliphatic carbocycles. The van der Waals surface area contributed by atoms with Crippen molar-refractivity contribution in [2.45, 2.75) is 4.90 Å². The molecule has 0 atom stereocenters. The summed E-state index contributed by atoms with van der Waals surface area (Å²) in [6, 6.07) is 13.1. The largest absolute Gasteiger partial charge is 0.383 e. The highest BCUT2D eigenvalue weighted by atomic mass is 32.2. The molecule has 26 heavy (non-hydrogen) atoms. The van der Waals surface area contributed by atoms with Gasteiger partial charge in [0.2, 0.25) is 10.0 Å². The summed E-state index contributed by atoms with van der Waals surface area (Å²) in [5, 5.41) is 5.97. The molecular weight excluding hydrogens is 354 g/mol. The fraction of sp³-hybridized carbons (Fsp3) is 0.278. The lowest BCUT2D eigenvalue weighted by molar-refractivity contribution is 0.102. The summed E-state index contributed by atoms with van der Waals surface area (Å²) in [5.41, 5.74) is 1.96. The number of hydrogen-bond donors (Lipinski definition) is 2. The second-order valence-electron chi connectivity index (χ2n) is 5.76. The highest BCUT2D eigenvalue weighted by molar-refractivity contribution is 7.89. The fourth-order valence-electron chi connectivity index (χ4n) is 2.16. The molecule has 0 aliphatic heterocycles. The average Bonchev–Trinajstić information content (AvgIpc) is 2.63. The Bertz CT molecular complexity index is 832. The first-order chi connectivity index (χ1) is 12.3. The number of ether oxygens (including phenoxy) is 1. The number of methoxy groups -OCH3 is 1. The third kappa shape index (κ3) is 5.04. The van der Waals surface area contributed by atoms with Crippen molar-refractivity contribution >= 4 is 27.3 Å². The van der Waals surface area contributed by atoms with E-state index in [0.717, 1.165) is 9.99 Å². The monoisotopic (exact) mass is 377 g/mol. The van der Waals surface area contributed by atoms with Crippen LogP contribution in [0.15, 0.2) is 53.4 Å². The summed E-state index contributed by atoms with van der Waals surface area (Å²) < 4.78 is 30.2. The van der Waals surface area contributed by atoms with Crippen LogP contribution in [0.1, 0.15) is 10.4 Å². The summed E-state index contributed by atoms with van der Waals surface area (Å²) in [7, 11) is 1.06. The van der Waals surface area contributed by atoms with Crippen molar-refractivity contribution in [3.05, 3.63) is 54.1 Å². The Kier molecular flexibility index (Phi) is 6.73. The van der Waals surface area contributed by atoms with Crippen LogP contribution in [0.4, 0.5) is 11.4 Å². The van der Waals surface area contributed by atoms with Crippen molar-refractivity contribution in [3.8, 4) is 0 Å². The van der Waals surface area contributed by atoms with E-state index in [1.807, 2.05) is 12.1 Å². The standard InChI is InChI=1S/C18H23N3O4S/c1-21(2)26(23,24)17-10-4-14(5-11-17)18(22)20-16-8-6-15(7-9-16)19-12-13-25-3/h4-11,19H,12-13H2,1-3H3,(H,20,22). The van der Waals surface area contributed by atoms with Gasteiger partial charge in [-0.05, 0) is 48.5 Å². The smallest absolute Gasteiger partial charge is 0.255 e. The molecule has 8 heteroatoms. The first-order valence-electron chi connectivity index (χ1n) is 8.01. The minimum atomic E-state index is -3.51. The molecule has 0 saturated heterocycles. The summed E-state index contributed by atoms with van der Waals surface area (Å²) in [6.45, 7) is 1.31. The summed E-state index contributed by atoms with van der Waals surface area (Å²) in [4.78, 5) is 12.4. The molecule has 0 aromatic heterocycles. The molecule has 0 spiro atoms. The molecule has 2 aromatic carbocycles. The maximum atomic E-state index is 12.3. The number of carbonyl (C=O) groups is 1. The van der Waals surface area contributed by atoms with Crippen molar-refractivity contribution in [3.63, 3.8) is 0 Å². The van der Waals surface area contributed by atoms with E-state index in [1.165, 1.54) is 38.4 Å². The molecule has 7 nitrogen and oxygen atoms in total. The fourth-order valence-corrected chi connectivity index (χ4v) is 3.06. The number of benzene rings is 2. The Balaban J connectivity index is 2.01. The van der Waals surface area contributed by atoms with Crippen molar-refractivity contribution in [2.24, 2.45) is 0 Å². The molecule has 1 amide bonds. The number of carbonyl (C=O) groups excluding carboxylic acids is 1. The third-order valence-corrected chi connectivity index (χ3v) is 5.50. The van der Waals surface area contributed by atoms with Gasteiger partial charge in [-0.2, -0.15) is 0 Å².